The number of nitrogens with two attached hydrogens (primary N) is 1. The zero-order valence-electron chi connectivity index (χ0n) is 5.29. The number of aryl methyl sites for hydroxylation is 1. The second kappa shape index (κ2) is 2.62. The molecule has 0 aromatic heterocycles. The molecule has 0 spiro atoms. The molecule has 0 aliphatic rings. The van der Waals surface area contributed by atoms with Crippen molar-refractivity contribution < 1.29 is 5.48 Å². The summed E-state index contributed by atoms with van der Waals surface area (Å²) in [7, 11) is 0. The lowest BCUT2D eigenvalue weighted by atomic mass is 10.2. The van der Waals surface area contributed by atoms with Gasteiger partial charge in [-0.2, -0.15) is 0 Å². The molecule has 1 aromatic rings. The molecule has 0 heterocycles. The Bertz CT molecular complexity index is 181. The summed E-state index contributed by atoms with van der Waals surface area (Å²) < 4.78 is 0. The quantitative estimate of drug-likeness (QED) is 0.433. The molecule has 0 radical (unpaired) electrons. The molecule has 0 saturated heterocycles. The van der Waals surface area contributed by atoms with Gasteiger partial charge in [0, 0.05) is 0 Å². The highest BCUT2D eigenvalue weighted by Crippen LogP contribution is 2.01. The smallest absolute Gasteiger partial charge is 0.129 e. The third kappa shape index (κ3) is 1.52. The average Bonchev–Trinajstić information content (AvgIpc) is 1.90. The Balaban J connectivity index is 2.88. The fourth-order valence-electron chi connectivity index (χ4n) is 0.645. The van der Waals surface area contributed by atoms with Crippen molar-refractivity contribution in [2.45, 2.75) is 6.92 Å². The normalized spacial score (nSPS) is 9.56. The molecule has 48 valence electrons. The van der Waals surface area contributed by atoms with Gasteiger partial charge in [0.05, 0.1) is 0 Å². The van der Waals surface area contributed by atoms with Crippen LogP contribution in [-0.2, 0) is 0 Å². The van der Waals surface area contributed by atoms with Crippen molar-refractivity contribution in [1.29, 1.82) is 0 Å². The van der Waals surface area contributed by atoms with E-state index in [1.54, 1.807) is 0 Å². The van der Waals surface area contributed by atoms with Gasteiger partial charge in [0.1, 0.15) is 5.69 Å². The van der Waals surface area contributed by atoms with E-state index in [0.29, 0.717) is 0 Å². The van der Waals surface area contributed by atoms with Gasteiger partial charge in [0.25, 0.3) is 0 Å². The second-order valence-corrected chi connectivity index (χ2v) is 2.03. The zero-order chi connectivity index (χ0) is 6.69. The molecule has 0 fully saturated rings. The van der Waals surface area contributed by atoms with E-state index in [-0.39, 0.29) is 0 Å². The zero-order valence-corrected chi connectivity index (χ0v) is 5.29. The van der Waals surface area contributed by atoms with Crippen LogP contribution in [0.3, 0.4) is 0 Å². The lowest BCUT2D eigenvalue weighted by Gasteiger charge is -1.99. The maximum Gasteiger partial charge on any atom is 0.129 e. The molecule has 0 amide bonds. The minimum absolute atomic E-state index is 0.737. The van der Waals surface area contributed by atoms with Crippen molar-refractivity contribution >= 4 is 5.69 Å². The van der Waals surface area contributed by atoms with E-state index in [1.807, 2.05) is 31.2 Å². The molecule has 2 nitrogen and oxygen atoms in total. The van der Waals surface area contributed by atoms with E-state index in [0.717, 1.165) is 11.2 Å². The van der Waals surface area contributed by atoms with Gasteiger partial charge in [0.15, 0.2) is 0 Å². The summed E-state index contributed by atoms with van der Waals surface area (Å²) in [5, 5.41) is 10.1. The predicted octanol–water partition coefficient (Wildman–Crippen LogP) is 0.688. The summed E-state index contributed by atoms with van der Waals surface area (Å²) >= 11 is 0. The Morgan fingerprint density at radius 1 is 1.22 bits per heavy atom. The summed E-state index contributed by atoms with van der Waals surface area (Å²) in [5.74, 6) is 0. The predicted molar refractivity (Wildman–Crippen MR) is 36.1 cm³/mol. The van der Waals surface area contributed by atoms with Crippen molar-refractivity contribution in [2.75, 3.05) is 0 Å². The summed E-state index contributed by atoms with van der Waals surface area (Å²) in [4.78, 5) is 0. The number of hydrogen-bond acceptors (Lipinski definition) is 1. The number of quaternary nitrogens is 1. The summed E-state index contributed by atoms with van der Waals surface area (Å²) in [5.41, 5.74) is 2.76. The maximum absolute atomic E-state index is 10.1. The highest BCUT2D eigenvalue weighted by molar-refractivity contribution is 5.31. The van der Waals surface area contributed by atoms with Crippen LogP contribution in [-0.4, -0.2) is 0 Å². The van der Waals surface area contributed by atoms with Crippen molar-refractivity contribution in [1.82, 2.24) is 0 Å². The molecule has 0 bridgehead atoms. The van der Waals surface area contributed by atoms with Gasteiger partial charge in [-0.15, -0.1) is 0 Å². The van der Waals surface area contributed by atoms with E-state index < -0.39 is 0 Å². The van der Waals surface area contributed by atoms with E-state index in [2.05, 4.69) is 0 Å². The van der Waals surface area contributed by atoms with Crippen molar-refractivity contribution in [3.05, 3.63) is 35.0 Å². The van der Waals surface area contributed by atoms with Gasteiger partial charge in [-0.25, -0.2) is 0 Å². The molecule has 0 aliphatic heterocycles. The van der Waals surface area contributed by atoms with Crippen LogP contribution in [0.2, 0.25) is 0 Å². The van der Waals surface area contributed by atoms with Gasteiger partial charge >= 0.3 is 0 Å². The molecule has 2 heteroatoms. The van der Waals surface area contributed by atoms with Crippen LogP contribution in [0.1, 0.15) is 5.56 Å². The Labute approximate surface area is 54.1 Å². The second-order valence-electron chi connectivity index (χ2n) is 2.03. The Hall–Kier alpha value is -0.860. The first-order valence-electron chi connectivity index (χ1n) is 2.85. The topological polar surface area (TPSA) is 39.7 Å². The minimum atomic E-state index is 0.737. The van der Waals surface area contributed by atoms with Gasteiger partial charge in [-0.05, 0) is 19.1 Å². The van der Waals surface area contributed by atoms with Crippen LogP contribution < -0.4 is 5.48 Å². The van der Waals surface area contributed by atoms with Crippen LogP contribution in [0.4, 0.5) is 5.69 Å². The number of hydrogen-bond donors (Lipinski definition) is 1. The third-order valence-corrected chi connectivity index (χ3v) is 1.21. The fraction of sp³-hybridized carbons (Fsp3) is 0.143. The van der Waals surface area contributed by atoms with Crippen LogP contribution in [0.5, 0.6) is 0 Å². The van der Waals surface area contributed by atoms with Crippen LogP contribution in [0, 0.1) is 12.1 Å². The molecule has 0 unspecified atom stereocenters. The Morgan fingerprint density at radius 2 is 1.78 bits per heavy atom. The van der Waals surface area contributed by atoms with Gasteiger partial charge in [-0.1, -0.05) is 17.7 Å². The Morgan fingerprint density at radius 3 is 2.22 bits per heavy atom. The molecular weight excluding hydrogens is 114 g/mol. The standard InChI is InChI=1S/C7H9NO/c1-6-2-4-7(8-9)5-3-6/h2-5H,8H2,1H3. The largest absolute Gasteiger partial charge is 0.630 e. The molecule has 0 atom stereocenters. The first kappa shape index (κ1) is 6.26. The minimum Gasteiger partial charge on any atom is -0.630 e. The summed E-state index contributed by atoms with van der Waals surface area (Å²) in [6.07, 6.45) is 0. The van der Waals surface area contributed by atoms with E-state index in [9.17, 15) is 5.21 Å². The average molecular weight is 123 g/mol. The van der Waals surface area contributed by atoms with Gasteiger partial charge in [-0.3, -0.25) is 0 Å². The third-order valence-electron chi connectivity index (χ3n) is 1.21. The molecule has 9 heavy (non-hydrogen) atoms. The lowest BCUT2D eigenvalue weighted by Crippen LogP contribution is -2.70. The van der Waals surface area contributed by atoms with Crippen molar-refractivity contribution in [3.63, 3.8) is 0 Å². The molecule has 2 N–H and O–H groups in total. The van der Waals surface area contributed by atoms with Gasteiger partial charge < -0.3 is 10.7 Å². The summed E-state index contributed by atoms with van der Waals surface area (Å²) in [6, 6.07) is 7.46. The number of rotatable bonds is 1. The van der Waals surface area contributed by atoms with Crippen molar-refractivity contribution in [2.24, 2.45) is 0 Å². The van der Waals surface area contributed by atoms with E-state index in [4.69, 9.17) is 0 Å². The lowest BCUT2D eigenvalue weighted by molar-refractivity contribution is -0.497. The van der Waals surface area contributed by atoms with E-state index >= 15 is 0 Å². The van der Waals surface area contributed by atoms with Crippen LogP contribution in [0.15, 0.2) is 24.3 Å². The van der Waals surface area contributed by atoms with E-state index in [1.165, 1.54) is 5.56 Å². The molecule has 0 saturated carbocycles. The first-order chi connectivity index (χ1) is 4.33. The maximum atomic E-state index is 10.1. The fourth-order valence-corrected chi connectivity index (χ4v) is 0.645. The molecule has 1 rings (SSSR count). The summed E-state index contributed by atoms with van der Waals surface area (Å²) in [6.45, 7) is 1.99. The van der Waals surface area contributed by atoms with Crippen LogP contribution >= 0.6 is 0 Å². The van der Waals surface area contributed by atoms with Gasteiger partial charge in [0.2, 0.25) is 0 Å². The van der Waals surface area contributed by atoms with Crippen LogP contribution in [0.25, 0.3) is 0 Å². The monoisotopic (exact) mass is 123 g/mol. The number of benzene rings is 1. The van der Waals surface area contributed by atoms with Crippen molar-refractivity contribution in [3.8, 4) is 0 Å². The molecular formula is C7H9NO. The molecule has 0 aliphatic carbocycles. The first-order valence-corrected chi connectivity index (χ1v) is 2.85. The molecule has 1 aromatic carbocycles. The highest BCUT2D eigenvalue weighted by atomic mass is 16.5. The highest BCUT2D eigenvalue weighted by Gasteiger charge is 1.86. The SMILES string of the molecule is Cc1ccc([NH2+][O-])cc1. The Kier molecular flexibility index (Phi) is 1.82.